The molecule has 1 unspecified atom stereocenters. The molecule has 0 bridgehead atoms. The molecule has 1 N–H and O–H groups in total. The molecule has 156 valence electrons. The zero-order valence-electron chi connectivity index (χ0n) is 16.9. The van der Waals surface area contributed by atoms with Crippen LogP contribution in [0, 0.1) is 6.92 Å². The number of hydrogen-bond acceptors (Lipinski definition) is 5. The van der Waals surface area contributed by atoms with Crippen LogP contribution in [-0.2, 0) is 6.54 Å². The topological polar surface area (TPSA) is 88.9 Å². The second-order valence-electron chi connectivity index (χ2n) is 7.74. The number of imide groups is 1. The summed E-state index contributed by atoms with van der Waals surface area (Å²) >= 11 is 0. The highest BCUT2D eigenvalue weighted by Crippen LogP contribution is 2.33. The second-order valence-corrected chi connectivity index (χ2v) is 7.74. The fraction of sp³-hybridized carbons (Fsp3) is 0.208. The van der Waals surface area contributed by atoms with Crippen LogP contribution in [-0.4, -0.2) is 29.2 Å². The number of carbonyl (C=O) groups excluding carboxylic acids is 3. The number of furan rings is 1. The first-order chi connectivity index (χ1) is 15.0. The van der Waals surface area contributed by atoms with Gasteiger partial charge in [-0.25, -0.2) is 0 Å². The number of nitrogens with one attached hydrogen (secondary N) is 1. The van der Waals surface area contributed by atoms with Crippen LogP contribution < -0.4 is 10.1 Å². The van der Waals surface area contributed by atoms with Crippen molar-refractivity contribution < 1.29 is 23.5 Å². The molecule has 3 amide bonds. The molecule has 3 aromatic rings. The van der Waals surface area contributed by atoms with Gasteiger partial charge >= 0.3 is 0 Å². The lowest BCUT2D eigenvalue weighted by Crippen LogP contribution is -2.32. The van der Waals surface area contributed by atoms with Gasteiger partial charge in [-0.2, -0.15) is 0 Å². The average Bonchev–Trinajstić information content (AvgIpc) is 3.37. The Morgan fingerprint density at radius 1 is 1.10 bits per heavy atom. The molecule has 2 aliphatic heterocycles. The number of carbonyl (C=O) groups is 3. The van der Waals surface area contributed by atoms with E-state index in [-0.39, 0.29) is 24.1 Å². The minimum absolute atomic E-state index is 0.0546. The second kappa shape index (κ2) is 7.43. The van der Waals surface area contributed by atoms with E-state index >= 15 is 0 Å². The fourth-order valence-corrected chi connectivity index (χ4v) is 4.04. The number of benzene rings is 2. The van der Waals surface area contributed by atoms with Gasteiger partial charge in [0.1, 0.15) is 11.5 Å². The first kappa shape index (κ1) is 19.1. The number of amides is 3. The summed E-state index contributed by atoms with van der Waals surface area (Å²) < 4.78 is 10.9. The van der Waals surface area contributed by atoms with Crippen LogP contribution >= 0.6 is 0 Å². The zero-order valence-corrected chi connectivity index (χ0v) is 16.9. The van der Waals surface area contributed by atoms with Gasteiger partial charge in [0, 0.05) is 17.5 Å². The Hall–Kier alpha value is -3.87. The molecule has 2 aromatic carbocycles. The van der Waals surface area contributed by atoms with Gasteiger partial charge in [0.15, 0.2) is 0 Å². The Bertz CT molecular complexity index is 1200. The van der Waals surface area contributed by atoms with Crippen LogP contribution in [0.25, 0.3) is 0 Å². The molecule has 3 heterocycles. The summed E-state index contributed by atoms with van der Waals surface area (Å²) in [7, 11) is 0. The number of nitrogens with zero attached hydrogens (tertiary/aromatic N) is 1. The number of rotatable bonds is 4. The zero-order chi connectivity index (χ0) is 21.5. The van der Waals surface area contributed by atoms with E-state index in [1.807, 2.05) is 25.1 Å². The van der Waals surface area contributed by atoms with E-state index in [9.17, 15) is 14.4 Å². The summed E-state index contributed by atoms with van der Waals surface area (Å²) in [4.78, 5) is 39.5. The van der Waals surface area contributed by atoms with E-state index in [0.717, 1.165) is 21.8 Å². The summed E-state index contributed by atoms with van der Waals surface area (Å²) in [6.45, 7) is 2.56. The van der Waals surface area contributed by atoms with Crippen LogP contribution in [0.2, 0.25) is 0 Å². The number of fused-ring (bicyclic) bond motifs is 2. The number of ether oxygens (including phenoxy) is 1. The standard InChI is InChI=1S/C24H20N2O5/c1-14-4-7-21-19(11-14)20(8-10-31-21)25-22(27)15-5-6-17-18(12-15)24(29)26(23(17)28)13-16-3-2-9-30-16/h2-7,9,11-12,20H,8,10,13H2,1H3,(H,25,27). The molecule has 7 heteroatoms. The highest BCUT2D eigenvalue weighted by atomic mass is 16.5. The normalized spacial score (nSPS) is 17.2. The van der Waals surface area contributed by atoms with Crippen molar-refractivity contribution in [1.29, 1.82) is 0 Å². The van der Waals surface area contributed by atoms with Gasteiger partial charge in [0.05, 0.1) is 36.6 Å². The predicted octanol–water partition coefficient (Wildman–Crippen LogP) is 3.64. The molecule has 7 nitrogen and oxygen atoms in total. The van der Waals surface area contributed by atoms with Crippen molar-refractivity contribution in [2.75, 3.05) is 6.61 Å². The summed E-state index contributed by atoms with van der Waals surface area (Å²) in [6, 6.07) is 13.7. The third-order valence-electron chi connectivity index (χ3n) is 5.64. The van der Waals surface area contributed by atoms with E-state index in [1.165, 1.54) is 18.4 Å². The number of hydrogen-bond donors (Lipinski definition) is 1. The molecule has 2 aliphatic rings. The lowest BCUT2D eigenvalue weighted by Gasteiger charge is -2.27. The first-order valence-electron chi connectivity index (χ1n) is 10.1. The Balaban J connectivity index is 1.37. The van der Waals surface area contributed by atoms with E-state index in [4.69, 9.17) is 9.15 Å². The summed E-state index contributed by atoms with van der Waals surface area (Å²) in [5.74, 6) is 0.161. The highest BCUT2D eigenvalue weighted by Gasteiger charge is 2.36. The largest absolute Gasteiger partial charge is 0.493 e. The quantitative estimate of drug-likeness (QED) is 0.656. The summed E-state index contributed by atoms with van der Waals surface area (Å²) in [6.07, 6.45) is 2.15. The van der Waals surface area contributed by atoms with Gasteiger partial charge in [-0.05, 0) is 43.3 Å². The third kappa shape index (κ3) is 3.38. The van der Waals surface area contributed by atoms with E-state index < -0.39 is 11.8 Å². The Morgan fingerprint density at radius 2 is 1.94 bits per heavy atom. The van der Waals surface area contributed by atoms with Crippen LogP contribution in [0.4, 0.5) is 0 Å². The van der Waals surface area contributed by atoms with Crippen LogP contribution in [0.5, 0.6) is 5.75 Å². The molecule has 0 fully saturated rings. The van der Waals surface area contributed by atoms with Crippen molar-refractivity contribution in [3.8, 4) is 5.75 Å². The van der Waals surface area contributed by atoms with Crippen LogP contribution in [0.15, 0.2) is 59.2 Å². The lowest BCUT2D eigenvalue weighted by molar-refractivity contribution is 0.0631. The molecule has 0 radical (unpaired) electrons. The lowest BCUT2D eigenvalue weighted by atomic mass is 9.98. The molecule has 0 saturated heterocycles. The molecule has 1 atom stereocenters. The van der Waals surface area contributed by atoms with Crippen molar-refractivity contribution in [2.24, 2.45) is 0 Å². The van der Waals surface area contributed by atoms with Crippen molar-refractivity contribution in [3.63, 3.8) is 0 Å². The molecule has 1 aromatic heterocycles. The minimum atomic E-state index is -0.432. The fourth-order valence-electron chi connectivity index (χ4n) is 4.04. The van der Waals surface area contributed by atoms with Crippen LogP contribution in [0.3, 0.4) is 0 Å². The molecule has 0 saturated carbocycles. The Morgan fingerprint density at radius 3 is 2.74 bits per heavy atom. The van der Waals surface area contributed by atoms with Crippen molar-refractivity contribution >= 4 is 17.7 Å². The van der Waals surface area contributed by atoms with Gasteiger partial charge < -0.3 is 14.5 Å². The van der Waals surface area contributed by atoms with E-state index in [1.54, 1.807) is 18.2 Å². The van der Waals surface area contributed by atoms with Crippen molar-refractivity contribution in [3.05, 3.63) is 88.4 Å². The average molecular weight is 416 g/mol. The Kier molecular flexibility index (Phi) is 4.58. The van der Waals surface area contributed by atoms with Gasteiger partial charge in [-0.1, -0.05) is 17.7 Å². The molecule has 5 rings (SSSR count). The van der Waals surface area contributed by atoms with Gasteiger partial charge in [-0.15, -0.1) is 0 Å². The summed E-state index contributed by atoms with van der Waals surface area (Å²) in [5, 5.41) is 3.04. The van der Waals surface area contributed by atoms with E-state index in [2.05, 4.69) is 5.32 Å². The van der Waals surface area contributed by atoms with Crippen molar-refractivity contribution in [1.82, 2.24) is 10.2 Å². The SMILES string of the molecule is Cc1ccc2c(c1)C(NC(=O)c1ccc3c(c1)C(=O)N(Cc1ccco1)C3=O)CCO2. The molecule has 31 heavy (non-hydrogen) atoms. The van der Waals surface area contributed by atoms with Gasteiger partial charge in [0.25, 0.3) is 17.7 Å². The van der Waals surface area contributed by atoms with Crippen molar-refractivity contribution in [2.45, 2.75) is 25.9 Å². The molecular formula is C24H20N2O5. The minimum Gasteiger partial charge on any atom is -0.493 e. The Labute approximate surface area is 178 Å². The van der Waals surface area contributed by atoms with E-state index in [0.29, 0.717) is 29.9 Å². The maximum absolute atomic E-state index is 13.0. The molecule has 0 spiro atoms. The predicted molar refractivity (Wildman–Crippen MR) is 111 cm³/mol. The van der Waals surface area contributed by atoms with Gasteiger partial charge in [0.2, 0.25) is 0 Å². The van der Waals surface area contributed by atoms with Crippen LogP contribution in [0.1, 0.15) is 60.4 Å². The first-order valence-corrected chi connectivity index (χ1v) is 10.1. The monoisotopic (exact) mass is 416 g/mol. The number of aryl methyl sites for hydroxylation is 1. The third-order valence-corrected chi connectivity index (χ3v) is 5.64. The highest BCUT2D eigenvalue weighted by molar-refractivity contribution is 6.22. The molecule has 0 aliphatic carbocycles. The smallest absolute Gasteiger partial charge is 0.261 e. The maximum Gasteiger partial charge on any atom is 0.261 e. The molecular weight excluding hydrogens is 396 g/mol. The maximum atomic E-state index is 13.0. The summed E-state index contributed by atoms with van der Waals surface area (Å²) in [5.41, 5.74) is 2.88. The van der Waals surface area contributed by atoms with Gasteiger partial charge in [-0.3, -0.25) is 19.3 Å².